The Balaban J connectivity index is 1.73. The van der Waals surface area contributed by atoms with Crippen molar-refractivity contribution in [2.24, 2.45) is 0 Å². The molecule has 1 aliphatic heterocycles. The van der Waals surface area contributed by atoms with Crippen molar-refractivity contribution in [3.63, 3.8) is 0 Å². The minimum atomic E-state index is -0.349. The molecule has 1 aromatic heterocycles. The fourth-order valence-corrected chi connectivity index (χ4v) is 3.29. The number of carbonyl (C=O) groups excluding carboxylic acids is 1. The SMILES string of the molecule is O=C(Nc1cccc(F)c1)N1CCCC1c1ccsc1. The number of benzene rings is 1. The van der Waals surface area contributed by atoms with Gasteiger partial charge in [0.15, 0.2) is 0 Å². The summed E-state index contributed by atoms with van der Waals surface area (Å²) in [5.74, 6) is -0.349. The average Bonchev–Trinajstić information content (AvgIpc) is 3.09. The zero-order valence-corrected chi connectivity index (χ0v) is 11.7. The van der Waals surface area contributed by atoms with Crippen LogP contribution in [-0.2, 0) is 0 Å². The van der Waals surface area contributed by atoms with Gasteiger partial charge in [-0.25, -0.2) is 9.18 Å². The normalized spacial score (nSPS) is 18.2. The second-order valence-electron chi connectivity index (χ2n) is 4.85. The van der Waals surface area contributed by atoms with E-state index >= 15 is 0 Å². The van der Waals surface area contributed by atoms with Crippen LogP contribution in [0.5, 0.6) is 0 Å². The summed E-state index contributed by atoms with van der Waals surface area (Å²) in [7, 11) is 0. The van der Waals surface area contributed by atoms with Crippen molar-refractivity contribution < 1.29 is 9.18 Å². The van der Waals surface area contributed by atoms with Crippen molar-refractivity contribution in [1.82, 2.24) is 4.90 Å². The monoisotopic (exact) mass is 290 g/mol. The molecule has 0 saturated carbocycles. The van der Waals surface area contributed by atoms with Gasteiger partial charge in [0.25, 0.3) is 0 Å². The van der Waals surface area contributed by atoms with Crippen LogP contribution in [0.1, 0.15) is 24.4 Å². The number of likely N-dealkylation sites (tertiary alicyclic amines) is 1. The Bertz CT molecular complexity index is 600. The summed E-state index contributed by atoms with van der Waals surface area (Å²) in [6.45, 7) is 0.738. The molecule has 3 nitrogen and oxygen atoms in total. The standard InChI is InChI=1S/C15H15FN2OS/c16-12-3-1-4-13(9-12)17-15(19)18-7-2-5-14(18)11-6-8-20-10-11/h1,3-4,6,8-10,14H,2,5,7H2,(H,17,19). The van der Waals surface area contributed by atoms with E-state index in [0.29, 0.717) is 5.69 Å². The van der Waals surface area contributed by atoms with Crippen LogP contribution < -0.4 is 5.32 Å². The highest BCUT2D eigenvalue weighted by molar-refractivity contribution is 7.07. The Morgan fingerprint density at radius 2 is 2.30 bits per heavy atom. The maximum absolute atomic E-state index is 13.1. The Hall–Kier alpha value is -1.88. The third-order valence-corrected chi connectivity index (χ3v) is 4.22. The van der Waals surface area contributed by atoms with E-state index in [-0.39, 0.29) is 17.9 Å². The molecule has 5 heteroatoms. The predicted octanol–water partition coefficient (Wildman–Crippen LogP) is 4.26. The first-order valence-electron chi connectivity index (χ1n) is 6.59. The second kappa shape index (κ2) is 5.63. The fraction of sp³-hybridized carbons (Fsp3) is 0.267. The van der Waals surface area contributed by atoms with E-state index in [1.165, 1.54) is 17.7 Å². The lowest BCUT2D eigenvalue weighted by Crippen LogP contribution is -2.34. The molecule has 1 unspecified atom stereocenters. The van der Waals surface area contributed by atoms with Gasteiger partial charge in [-0.1, -0.05) is 6.07 Å². The molecule has 20 heavy (non-hydrogen) atoms. The molecule has 0 aliphatic carbocycles. The Kier molecular flexibility index (Phi) is 3.69. The van der Waals surface area contributed by atoms with Crippen molar-refractivity contribution >= 4 is 23.1 Å². The highest BCUT2D eigenvalue weighted by Gasteiger charge is 2.30. The van der Waals surface area contributed by atoms with Gasteiger partial charge >= 0.3 is 6.03 Å². The van der Waals surface area contributed by atoms with Crippen molar-refractivity contribution in [2.75, 3.05) is 11.9 Å². The van der Waals surface area contributed by atoms with Crippen LogP contribution in [0, 0.1) is 5.82 Å². The molecule has 0 bridgehead atoms. The molecule has 2 heterocycles. The van der Waals surface area contributed by atoms with Gasteiger partial charge in [-0.2, -0.15) is 11.3 Å². The van der Waals surface area contributed by atoms with Gasteiger partial charge in [-0.15, -0.1) is 0 Å². The first kappa shape index (κ1) is 13.1. The molecule has 0 spiro atoms. The number of amides is 2. The number of rotatable bonds is 2. The summed E-state index contributed by atoms with van der Waals surface area (Å²) in [6, 6.07) is 8.00. The maximum Gasteiger partial charge on any atom is 0.322 e. The Labute approximate surface area is 121 Å². The van der Waals surface area contributed by atoms with Gasteiger partial charge in [0.05, 0.1) is 6.04 Å². The van der Waals surface area contributed by atoms with Crippen molar-refractivity contribution in [3.05, 3.63) is 52.5 Å². The number of hydrogen-bond acceptors (Lipinski definition) is 2. The smallest absolute Gasteiger partial charge is 0.317 e. The number of anilines is 1. The lowest BCUT2D eigenvalue weighted by molar-refractivity contribution is 0.207. The summed E-state index contributed by atoms with van der Waals surface area (Å²) in [5.41, 5.74) is 1.67. The molecule has 1 aliphatic rings. The van der Waals surface area contributed by atoms with Crippen LogP contribution in [0.4, 0.5) is 14.9 Å². The van der Waals surface area contributed by atoms with E-state index in [4.69, 9.17) is 0 Å². The molecule has 1 aromatic carbocycles. The minimum Gasteiger partial charge on any atom is -0.317 e. The Morgan fingerprint density at radius 3 is 3.05 bits per heavy atom. The lowest BCUT2D eigenvalue weighted by Gasteiger charge is -2.24. The summed E-state index contributed by atoms with van der Waals surface area (Å²) in [6.07, 6.45) is 1.98. The molecule has 3 rings (SSSR count). The summed E-state index contributed by atoms with van der Waals surface area (Å²) in [5, 5.41) is 6.87. The molecule has 1 saturated heterocycles. The van der Waals surface area contributed by atoms with Crippen LogP contribution >= 0.6 is 11.3 Å². The molecule has 104 valence electrons. The number of nitrogens with one attached hydrogen (secondary N) is 1. The van der Waals surface area contributed by atoms with Crippen LogP contribution in [0.25, 0.3) is 0 Å². The van der Waals surface area contributed by atoms with Crippen LogP contribution in [0.15, 0.2) is 41.1 Å². The molecule has 1 fully saturated rings. The first-order chi connectivity index (χ1) is 9.74. The molecule has 1 atom stereocenters. The van der Waals surface area contributed by atoms with Gasteiger partial charge in [-0.3, -0.25) is 0 Å². The van der Waals surface area contributed by atoms with Crippen LogP contribution in [-0.4, -0.2) is 17.5 Å². The zero-order chi connectivity index (χ0) is 13.9. The highest BCUT2D eigenvalue weighted by Crippen LogP contribution is 2.33. The van der Waals surface area contributed by atoms with E-state index in [9.17, 15) is 9.18 Å². The molecular formula is C15H15FN2OS. The molecule has 0 radical (unpaired) electrons. The topological polar surface area (TPSA) is 32.3 Å². The lowest BCUT2D eigenvalue weighted by atomic mass is 10.1. The fourth-order valence-electron chi connectivity index (χ4n) is 2.58. The summed E-state index contributed by atoms with van der Waals surface area (Å²) in [4.78, 5) is 14.2. The summed E-state index contributed by atoms with van der Waals surface area (Å²) >= 11 is 1.64. The quantitative estimate of drug-likeness (QED) is 0.880. The van der Waals surface area contributed by atoms with Crippen LogP contribution in [0.3, 0.4) is 0 Å². The third-order valence-electron chi connectivity index (χ3n) is 3.52. The van der Waals surface area contributed by atoms with Crippen molar-refractivity contribution in [1.29, 1.82) is 0 Å². The van der Waals surface area contributed by atoms with Gasteiger partial charge in [0.2, 0.25) is 0 Å². The van der Waals surface area contributed by atoms with Crippen molar-refractivity contribution in [3.8, 4) is 0 Å². The van der Waals surface area contributed by atoms with Gasteiger partial charge in [-0.05, 0) is 53.4 Å². The second-order valence-corrected chi connectivity index (χ2v) is 5.63. The molecular weight excluding hydrogens is 275 g/mol. The molecule has 1 N–H and O–H groups in total. The van der Waals surface area contributed by atoms with E-state index < -0.39 is 0 Å². The molecule has 2 aromatic rings. The van der Waals surface area contributed by atoms with E-state index in [0.717, 1.165) is 19.4 Å². The van der Waals surface area contributed by atoms with Gasteiger partial charge in [0.1, 0.15) is 5.82 Å². The number of carbonyl (C=O) groups is 1. The highest BCUT2D eigenvalue weighted by atomic mass is 32.1. The number of halogens is 1. The van der Waals surface area contributed by atoms with Gasteiger partial charge in [0, 0.05) is 12.2 Å². The van der Waals surface area contributed by atoms with E-state index in [1.54, 1.807) is 23.5 Å². The van der Waals surface area contributed by atoms with Crippen LogP contribution in [0.2, 0.25) is 0 Å². The van der Waals surface area contributed by atoms with Gasteiger partial charge < -0.3 is 10.2 Å². The maximum atomic E-state index is 13.1. The minimum absolute atomic E-state index is 0.134. The number of hydrogen-bond donors (Lipinski definition) is 1. The van der Waals surface area contributed by atoms with E-state index in [2.05, 4.69) is 16.8 Å². The number of thiophene rings is 1. The largest absolute Gasteiger partial charge is 0.322 e. The molecule has 2 amide bonds. The summed E-state index contributed by atoms with van der Waals surface area (Å²) < 4.78 is 13.1. The Morgan fingerprint density at radius 1 is 1.40 bits per heavy atom. The number of urea groups is 1. The predicted molar refractivity (Wildman–Crippen MR) is 78.4 cm³/mol. The average molecular weight is 290 g/mol. The number of nitrogens with zero attached hydrogens (tertiary/aromatic N) is 1. The first-order valence-corrected chi connectivity index (χ1v) is 7.53. The zero-order valence-electron chi connectivity index (χ0n) is 10.9. The van der Waals surface area contributed by atoms with Crippen molar-refractivity contribution in [2.45, 2.75) is 18.9 Å². The van der Waals surface area contributed by atoms with E-state index in [1.807, 2.05) is 10.3 Å². The third kappa shape index (κ3) is 2.67.